The Kier molecular flexibility index (Phi) is 5.64. The minimum absolute atomic E-state index is 0.146. The highest BCUT2D eigenvalue weighted by molar-refractivity contribution is 5.82. The van der Waals surface area contributed by atoms with E-state index < -0.39 is 0 Å². The number of fused-ring (bicyclic) bond motifs is 1. The van der Waals surface area contributed by atoms with Gasteiger partial charge < -0.3 is 10.7 Å². The molecule has 124 valence electrons. The number of aromatic nitrogens is 1. The van der Waals surface area contributed by atoms with Gasteiger partial charge in [-0.2, -0.15) is 0 Å². The third kappa shape index (κ3) is 4.47. The summed E-state index contributed by atoms with van der Waals surface area (Å²) in [5.41, 5.74) is 10.7. The third-order valence-corrected chi connectivity index (χ3v) is 4.44. The summed E-state index contributed by atoms with van der Waals surface area (Å²) in [5, 5.41) is 0.733. The zero-order valence-electron chi connectivity index (χ0n) is 14.7. The average molecular weight is 312 g/mol. The molecule has 3 N–H and O–H groups in total. The number of pyridine rings is 1. The Morgan fingerprint density at radius 3 is 2.74 bits per heavy atom. The number of rotatable bonds is 6. The highest BCUT2D eigenvalue weighted by Crippen LogP contribution is 2.18. The number of hydrogen-bond donors (Lipinski definition) is 2. The number of aryl methyl sites for hydroxylation is 1. The van der Waals surface area contributed by atoms with E-state index in [1.807, 2.05) is 19.1 Å². The molecule has 0 bridgehead atoms. The summed E-state index contributed by atoms with van der Waals surface area (Å²) < 4.78 is 0. The van der Waals surface area contributed by atoms with Gasteiger partial charge in [0.2, 0.25) is 0 Å². The van der Waals surface area contributed by atoms with Crippen molar-refractivity contribution < 1.29 is 0 Å². The summed E-state index contributed by atoms with van der Waals surface area (Å²) in [6, 6.07) is 5.44. The minimum Gasteiger partial charge on any atom is -0.399 e. The van der Waals surface area contributed by atoms with Crippen LogP contribution in [0.15, 0.2) is 34.6 Å². The Morgan fingerprint density at radius 1 is 1.30 bits per heavy atom. The van der Waals surface area contributed by atoms with Crippen LogP contribution >= 0.6 is 0 Å². The van der Waals surface area contributed by atoms with Crippen molar-refractivity contribution in [2.75, 3.05) is 5.73 Å². The van der Waals surface area contributed by atoms with Gasteiger partial charge in [0.1, 0.15) is 0 Å². The van der Waals surface area contributed by atoms with Crippen molar-refractivity contribution in [3.05, 3.63) is 51.3 Å². The topological polar surface area (TPSA) is 58.9 Å². The number of anilines is 1. The Hall–Kier alpha value is -2.03. The van der Waals surface area contributed by atoms with Gasteiger partial charge in [0.15, 0.2) is 5.43 Å². The number of nitrogen functional groups attached to an aromatic ring is 1. The number of nitrogens with one attached hydrogen (secondary N) is 1. The van der Waals surface area contributed by atoms with Gasteiger partial charge in [-0.15, -0.1) is 0 Å². The highest BCUT2D eigenvalue weighted by Gasteiger charge is 2.11. The van der Waals surface area contributed by atoms with E-state index in [1.165, 1.54) is 12.0 Å². The molecule has 3 nitrogen and oxygen atoms in total. The van der Waals surface area contributed by atoms with Crippen molar-refractivity contribution >= 4 is 16.6 Å². The Morgan fingerprint density at radius 2 is 2.04 bits per heavy atom. The van der Waals surface area contributed by atoms with Gasteiger partial charge in [0.25, 0.3) is 0 Å². The molecule has 0 aliphatic rings. The molecule has 0 aliphatic carbocycles. The fourth-order valence-electron chi connectivity index (χ4n) is 2.97. The molecular weight excluding hydrogens is 284 g/mol. The summed E-state index contributed by atoms with van der Waals surface area (Å²) >= 11 is 0. The molecule has 1 aromatic carbocycles. The van der Waals surface area contributed by atoms with Gasteiger partial charge in [-0.05, 0) is 70.6 Å². The number of hydrogen-bond acceptors (Lipinski definition) is 2. The van der Waals surface area contributed by atoms with Crippen LogP contribution in [0.4, 0.5) is 5.69 Å². The maximum Gasteiger partial charge on any atom is 0.192 e. The zero-order valence-corrected chi connectivity index (χ0v) is 14.7. The van der Waals surface area contributed by atoms with Crippen molar-refractivity contribution in [3.8, 4) is 0 Å². The SMILES string of the molecule is CC(C)=CCC[C@@H](C)CCc1c(C)[nH]c2cc(N)ccc2c1=O. The highest BCUT2D eigenvalue weighted by atomic mass is 16.1. The molecule has 0 saturated heterocycles. The second-order valence-electron chi connectivity index (χ2n) is 6.87. The number of nitrogens with two attached hydrogens (primary N) is 1. The molecule has 3 heteroatoms. The van der Waals surface area contributed by atoms with Crippen molar-refractivity contribution in [2.24, 2.45) is 5.92 Å². The van der Waals surface area contributed by atoms with Crippen molar-refractivity contribution in [1.82, 2.24) is 4.98 Å². The first-order valence-corrected chi connectivity index (χ1v) is 8.43. The van der Waals surface area contributed by atoms with Crippen LogP contribution in [0.3, 0.4) is 0 Å². The van der Waals surface area contributed by atoms with Crippen molar-refractivity contribution in [1.29, 1.82) is 0 Å². The predicted molar refractivity (Wildman–Crippen MR) is 99.9 cm³/mol. The molecule has 1 heterocycles. The van der Waals surface area contributed by atoms with E-state index in [0.29, 0.717) is 11.6 Å². The van der Waals surface area contributed by atoms with Gasteiger partial charge in [-0.25, -0.2) is 0 Å². The summed E-state index contributed by atoms with van der Waals surface area (Å²) in [7, 11) is 0. The van der Waals surface area contributed by atoms with E-state index in [9.17, 15) is 4.79 Å². The number of aromatic amines is 1. The second kappa shape index (κ2) is 7.49. The predicted octanol–water partition coefficient (Wildman–Crippen LogP) is 4.73. The van der Waals surface area contributed by atoms with Gasteiger partial charge >= 0.3 is 0 Å². The smallest absolute Gasteiger partial charge is 0.192 e. The van der Waals surface area contributed by atoms with E-state index in [4.69, 9.17) is 5.73 Å². The molecule has 0 radical (unpaired) electrons. The van der Waals surface area contributed by atoms with E-state index in [0.717, 1.165) is 41.4 Å². The lowest BCUT2D eigenvalue weighted by atomic mass is 9.95. The fourth-order valence-corrected chi connectivity index (χ4v) is 2.97. The molecule has 2 aromatic rings. The molecule has 0 saturated carbocycles. The van der Waals surface area contributed by atoms with Crippen molar-refractivity contribution in [3.63, 3.8) is 0 Å². The standard InChI is InChI=1S/C20H28N2O/c1-13(2)6-5-7-14(3)8-10-17-15(4)22-19-12-16(21)9-11-18(19)20(17)23/h6,9,11-12,14H,5,7-8,10,21H2,1-4H3,(H,22,23)/t14-/m1/s1. The van der Waals surface area contributed by atoms with Crippen LogP contribution in [0.2, 0.25) is 0 Å². The molecule has 0 fully saturated rings. The van der Waals surface area contributed by atoms with Crippen LogP contribution in [-0.2, 0) is 6.42 Å². The van der Waals surface area contributed by atoms with Gasteiger partial charge in [0.05, 0.1) is 5.52 Å². The maximum absolute atomic E-state index is 12.7. The number of H-pyrrole nitrogens is 1. The summed E-state index contributed by atoms with van der Waals surface area (Å²) in [6.45, 7) is 8.52. The van der Waals surface area contributed by atoms with E-state index in [2.05, 4.69) is 31.8 Å². The third-order valence-electron chi connectivity index (χ3n) is 4.44. The molecule has 0 aliphatic heterocycles. The van der Waals surface area contributed by atoms with Crippen LogP contribution in [0, 0.1) is 12.8 Å². The van der Waals surface area contributed by atoms with Crippen LogP contribution in [0.5, 0.6) is 0 Å². The van der Waals surface area contributed by atoms with Gasteiger partial charge in [0, 0.05) is 22.3 Å². The van der Waals surface area contributed by atoms with Crippen LogP contribution < -0.4 is 11.2 Å². The van der Waals surface area contributed by atoms with Crippen LogP contribution in [-0.4, -0.2) is 4.98 Å². The van der Waals surface area contributed by atoms with Crippen LogP contribution in [0.25, 0.3) is 10.9 Å². The summed E-state index contributed by atoms with van der Waals surface area (Å²) in [5.74, 6) is 0.617. The first kappa shape index (κ1) is 17.3. The first-order valence-electron chi connectivity index (χ1n) is 8.43. The monoisotopic (exact) mass is 312 g/mol. The Labute approximate surface area is 138 Å². The van der Waals surface area contributed by atoms with Gasteiger partial charge in [-0.1, -0.05) is 18.6 Å². The average Bonchev–Trinajstić information content (AvgIpc) is 2.46. The van der Waals surface area contributed by atoms with E-state index in [-0.39, 0.29) is 5.43 Å². The summed E-state index contributed by atoms with van der Waals surface area (Å²) in [4.78, 5) is 16.0. The fraction of sp³-hybridized carbons (Fsp3) is 0.450. The van der Waals surface area contributed by atoms with E-state index in [1.54, 1.807) is 6.07 Å². The number of benzene rings is 1. The normalized spacial score (nSPS) is 12.3. The largest absolute Gasteiger partial charge is 0.399 e. The molecular formula is C20H28N2O. The molecule has 1 aromatic heterocycles. The molecule has 0 unspecified atom stereocenters. The van der Waals surface area contributed by atoms with Crippen LogP contribution in [0.1, 0.15) is 51.3 Å². The zero-order chi connectivity index (χ0) is 17.0. The molecule has 23 heavy (non-hydrogen) atoms. The van der Waals surface area contributed by atoms with Gasteiger partial charge in [-0.3, -0.25) is 4.79 Å². The Balaban J connectivity index is 2.13. The number of allylic oxidation sites excluding steroid dienone is 2. The lowest BCUT2D eigenvalue weighted by molar-refractivity contribution is 0.495. The molecule has 0 spiro atoms. The lowest BCUT2D eigenvalue weighted by Gasteiger charge is -2.12. The maximum atomic E-state index is 12.7. The van der Waals surface area contributed by atoms with E-state index >= 15 is 0 Å². The van der Waals surface area contributed by atoms with Crippen molar-refractivity contribution in [2.45, 2.75) is 53.4 Å². The summed E-state index contributed by atoms with van der Waals surface area (Å²) in [6.07, 6.45) is 6.45. The molecule has 1 atom stereocenters. The quantitative estimate of drug-likeness (QED) is 0.598. The molecule has 0 amide bonds. The lowest BCUT2D eigenvalue weighted by Crippen LogP contribution is -2.14. The molecule has 2 rings (SSSR count). The Bertz CT molecular complexity index is 767. The second-order valence-corrected chi connectivity index (χ2v) is 6.87. The minimum atomic E-state index is 0.146. The first-order chi connectivity index (χ1) is 10.9.